The Morgan fingerprint density at radius 1 is 0.844 bits per heavy atom. The number of imidazole rings is 1. The van der Waals surface area contributed by atoms with Crippen LogP contribution in [0.15, 0.2) is 79.0 Å². The highest BCUT2D eigenvalue weighted by atomic mass is 35.5. The van der Waals surface area contributed by atoms with Crippen molar-refractivity contribution in [2.75, 3.05) is 54.1 Å². The second-order valence-electron chi connectivity index (χ2n) is 11.8. The lowest BCUT2D eigenvalue weighted by Gasteiger charge is -2.34. The molecule has 45 heavy (non-hydrogen) atoms. The molecule has 0 unspecified atom stereocenters. The minimum Gasteiger partial charge on any atom is -0.369 e. The van der Waals surface area contributed by atoms with Gasteiger partial charge in [0.2, 0.25) is 11.9 Å². The average molecular weight is 622 g/mol. The summed E-state index contributed by atoms with van der Waals surface area (Å²) in [7, 11) is 2.17. The van der Waals surface area contributed by atoms with E-state index in [4.69, 9.17) is 21.6 Å². The smallest absolute Gasteiger partial charge is 0.255 e. The van der Waals surface area contributed by atoms with Gasteiger partial charge in [0.1, 0.15) is 5.52 Å². The summed E-state index contributed by atoms with van der Waals surface area (Å²) in [6.07, 6.45) is 6.23. The molecule has 11 heteroatoms. The second-order valence-corrected chi connectivity index (χ2v) is 12.2. The van der Waals surface area contributed by atoms with Gasteiger partial charge >= 0.3 is 0 Å². The van der Waals surface area contributed by atoms with Crippen LogP contribution in [-0.2, 0) is 0 Å². The second kappa shape index (κ2) is 12.7. The molecule has 2 aromatic heterocycles. The number of piperazine rings is 1. The summed E-state index contributed by atoms with van der Waals surface area (Å²) in [6, 6.07) is 23.2. The Kier molecular flexibility index (Phi) is 8.23. The maximum absolute atomic E-state index is 13.0. The predicted octanol–water partition coefficient (Wildman–Crippen LogP) is 7.09. The number of likely N-dealkylation sites (N-methyl/N-ethyl adjacent to an activating group) is 1. The zero-order chi connectivity index (χ0) is 30.8. The van der Waals surface area contributed by atoms with Gasteiger partial charge in [-0.3, -0.25) is 9.36 Å². The Morgan fingerprint density at radius 3 is 2.33 bits per heavy atom. The number of anilines is 6. The SMILES string of the molecule is CN1CCN(c2ccc(Nc3ncc4nc(Nc5cccc(C(=O)Nc6ccc(Cl)cc6)c5)n(C5CCCC5)c4n3)cc2)CC1. The molecule has 3 N–H and O–H groups in total. The number of fused-ring (bicyclic) bond motifs is 1. The quantitative estimate of drug-likeness (QED) is 0.169. The number of carbonyl (C=O) groups is 1. The summed E-state index contributed by atoms with van der Waals surface area (Å²) < 4.78 is 2.20. The fourth-order valence-electron chi connectivity index (χ4n) is 6.10. The van der Waals surface area contributed by atoms with Crippen LogP contribution in [0.2, 0.25) is 5.02 Å². The maximum atomic E-state index is 13.0. The van der Waals surface area contributed by atoms with E-state index < -0.39 is 0 Å². The number of aromatic nitrogens is 4. The summed E-state index contributed by atoms with van der Waals surface area (Å²) in [5.41, 5.74) is 5.64. The number of rotatable bonds is 8. The van der Waals surface area contributed by atoms with Gasteiger partial charge < -0.3 is 25.8 Å². The molecule has 0 bridgehead atoms. The summed E-state index contributed by atoms with van der Waals surface area (Å²) in [5, 5.41) is 10.4. The number of hydrogen-bond acceptors (Lipinski definition) is 8. The molecule has 0 radical (unpaired) electrons. The lowest BCUT2D eigenvalue weighted by molar-refractivity contribution is 0.102. The van der Waals surface area contributed by atoms with E-state index in [9.17, 15) is 4.79 Å². The molecule has 3 heterocycles. The van der Waals surface area contributed by atoms with Crippen LogP contribution in [0.5, 0.6) is 0 Å². The van der Waals surface area contributed by atoms with Crippen LogP contribution in [0.25, 0.3) is 11.2 Å². The van der Waals surface area contributed by atoms with E-state index in [-0.39, 0.29) is 11.9 Å². The van der Waals surface area contributed by atoms with Crippen LogP contribution >= 0.6 is 11.6 Å². The highest BCUT2D eigenvalue weighted by Gasteiger charge is 2.24. The third-order valence-electron chi connectivity index (χ3n) is 8.60. The lowest BCUT2D eigenvalue weighted by Crippen LogP contribution is -2.44. The monoisotopic (exact) mass is 621 g/mol. The first-order valence-corrected chi connectivity index (χ1v) is 15.9. The van der Waals surface area contributed by atoms with E-state index in [1.165, 1.54) is 18.5 Å². The molecule has 230 valence electrons. The average Bonchev–Trinajstić information content (AvgIpc) is 3.71. The van der Waals surface area contributed by atoms with Gasteiger partial charge in [0, 0.05) is 65.6 Å². The molecule has 3 aromatic carbocycles. The molecule has 1 saturated carbocycles. The third-order valence-corrected chi connectivity index (χ3v) is 8.85. The Labute approximate surface area is 267 Å². The van der Waals surface area contributed by atoms with Gasteiger partial charge in [-0.25, -0.2) is 9.97 Å². The summed E-state index contributed by atoms with van der Waals surface area (Å²) in [5.74, 6) is 1.01. The van der Waals surface area contributed by atoms with Crippen LogP contribution in [0.3, 0.4) is 0 Å². The van der Waals surface area contributed by atoms with Crippen LogP contribution in [0, 0.1) is 0 Å². The van der Waals surface area contributed by atoms with E-state index in [1.54, 1.807) is 36.5 Å². The molecule has 10 nitrogen and oxygen atoms in total. The molecule has 1 saturated heterocycles. The van der Waals surface area contributed by atoms with Crippen molar-refractivity contribution in [3.05, 3.63) is 89.6 Å². The number of nitrogens with zero attached hydrogens (tertiary/aromatic N) is 6. The highest BCUT2D eigenvalue weighted by Crippen LogP contribution is 2.36. The third kappa shape index (κ3) is 6.57. The molecule has 5 aromatic rings. The predicted molar refractivity (Wildman–Crippen MR) is 181 cm³/mol. The zero-order valence-corrected chi connectivity index (χ0v) is 26.0. The molecule has 2 aliphatic rings. The van der Waals surface area contributed by atoms with Crippen molar-refractivity contribution in [1.29, 1.82) is 0 Å². The van der Waals surface area contributed by atoms with Crippen molar-refractivity contribution >= 4 is 63.3 Å². The zero-order valence-electron chi connectivity index (χ0n) is 25.2. The molecular formula is C34H36ClN9O. The normalized spacial score (nSPS) is 15.8. The summed E-state index contributed by atoms with van der Waals surface area (Å²) >= 11 is 5.99. The van der Waals surface area contributed by atoms with Crippen molar-refractivity contribution in [1.82, 2.24) is 24.4 Å². The van der Waals surface area contributed by atoms with Crippen LogP contribution in [-0.4, -0.2) is 63.6 Å². The highest BCUT2D eigenvalue weighted by molar-refractivity contribution is 6.30. The molecule has 1 aliphatic carbocycles. The first-order chi connectivity index (χ1) is 22.0. The minimum absolute atomic E-state index is 0.205. The first kappa shape index (κ1) is 29.1. The summed E-state index contributed by atoms with van der Waals surface area (Å²) in [6.45, 7) is 4.21. The molecule has 0 spiro atoms. The van der Waals surface area contributed by atoms with Gasteiger partial charge in [0.15, 0.2) is 5.65 Å². The Balaban J connectivity index is 1.12. The van der Waals surface area contributed by atoms with Crippen molar-refractivity contribution in [3.8, 4) is 0 Å². The van der Waals surface area contributed by atoms with Gasteiger partial charge in [0.25, 0.3) is 5.91 Å². The van der Waals surface area contributed by atoms with Crippen LogP contribution in [0.4, 0.5) is 34.6 Å². The fourth-order valence-corrected chi connectivity index (χ4v) is 6.23. The number of amides is 1. The number of halogens is 1. The summed E-state index contributed by atoms with van der Waals surface area (Å²) in [4.78, 5) is 32.2. The van der Waals surface area contributed by atoms with E-state index in [0.29, 0.717) is 28.2 Å². The Bertz CT molecular complexity index is 1790. The first-order valence-electron chi connectivity index (χ1n) is 15.5. The largest absolute Gasteiger partial charge is 0.369 e. The van der Waals surface area contributed by atoms with Crippen LogP contribution in [0.1, 0.15) is 42.1 Å². The van der Waals surface area contributed by atoms with Gasteiger partial charge in [-0.15, -0.1) is 0 Å². The van der Waals surface area contributed by atoms with E-state index in [2.05, 4.69) is 66.6 Å². The molecule has 0 atom stereocenters. The van der Waals surface area contributed by atoms with Gasteiger partial charge in [-0.2, -0.15) is 4.98 Å². The minimum atomic E-state index is -0.205. The molecule has 1 amide bonds. The Hall–Kier alpha value is -4.67. The lowest BCUT2D eigenvalue weighted by atomic mass is 10.2. The van der Waals surface area contributed by atoms with Crippen molar-refractivity contribution in [2.45, 2.75) is 31.7 Å². The topological polar surface area (TPSA) is 103 Å². The molecular weight excluding hydrogens is 586 g/mol. The van der Waals surface area contributed by atoms with Gasteiger partial charge in [-0.05, 0) is 86.6 Å². The van der Waals surface area contributed by atoms with Crippen molar-refractivity contribution in [2.24, 2.45) is 0 Å². The van der Waals surface area contributed by atoms with E-state index in [0.717, 1.165) is 61.6 Å². The van der Waals surface area contributed by atoms with Crippen molar-refractivity contribution < 1.29 is 4.79 Å². The number of nitrogens with one attached hydrogen (secondary N) is 3. The van der Waals surface area contributed by atoms with Gasteiger partial charge in [0.05, 0.1) is 6.20 Å². The van der Waals surface area contributed by atoms with E-state index in [1.807, 2.05) is 18.2 Å². The standard InChI is InChI=1S/C34H36ClN9O/c1-42-17-19-43(20-18-42)28-15-13-26(14-16-28)38-33-36-22-30-31(41-33)44(29-7-2-3-8-29)34(40-30)39-27-6-4-5-23(21-27)32(45)37-25-11-9-24(35)10-12-25/h4-6,9-16,21-22,29H,2-3,7-8,17-20H2,1H3,(H,37,45)(H,39,40)(H,36,38,41). The number of carbonyl (C=O) groups excluding carboxylic acids is 1. The Morgan fingerprint density at radius 2 is 1.58 bits per heavy atom. The maximum Gasteiger partial charge on any atom is 0.255 e. The van der Waals surface area contributed by atoms with Crippen molar-refractivity contribution in [3.63, 3.8) is 0 Å². The van der Waals surface area contributed by atoms with Gasteiger partial charge in [-0.1, -0.05) is 30.5 Å². The molecule has 2 fully saturated rings. The molecule has 1 aliphatic heterocycles. The number of hydrogen-bond donors (Lipinski definition) is 3. The fraction of sp³-hybridized carbons (Fsp3) is 0.294. The van der Waals surface area contributed by atoms with Crippen LogP contribution < -0.4 is 20.9 Å². The van der Waals surface area contributed by atoms with E-state index >= 15 is 0 Å². The molecule has 7 rings (SSSR count). The number of benzene rings is 3.